The van der Waals surface area contributed by atoms with Gasteiger partial charge in [0.2, 0.25) is 0 Å². The van der Waals surface area contributed by atoms with Crippen LogP contribution in [0.15, 0.2) is 0 Å². The van der Waals surface area contributed by atoms with Crippen molar-refractivity contribution in [1.29, 1.82) is 0 Å². The third-order valence-electron chi connectivity index (χ3n) is 1.31. The van der Waals surface area contributed by atoms with Gasteiger partial charge in [0.15, 0.2) is 0 Å². The molecule has 9 heavy (non-hydrogen) atoms. The van der Waals surface area contributed by atoms with E-state index in [9.17, 15) is 0 Å². The summed E-state index contributed by atoms with van der Waals surface area (Å²) in [5.41, 5.74) is 0. The summed E-state index contributed by atoms with van der Waals surface area (Å²) in [5.74, 6) is 0. The molecule has 2 N–H and O–H groups in total. The van der Waals surface area contributed by atoms with Crippen molar-refractivity contribution in [1.82, 2.24) is 5.32 Å². The highest BCUT2D eigenvalue weighted by Crippen LogP contribution is 2.01. The molecule has 1 unspecified atom stereocenters. The third-order valence-corrected chi connectivity index (χ3v) is 1.31. The molecular weight excluding hydrogens is 118 g/mol. The normalized spacial score (nSPS) is 24.3. The molecule has 0 aromatic carbocycles. The zero-order chi connectivity index (χ0) is 7.11. The first-order valence-corrected chi connectivity index (χ1v) is 3.12. The maximum atomic E-state index is 8.36. The second kappa shape index (κ2) is 5.56. The van der Waals surface area contributed by atoms with Gasteiger partial charge in [0, 0.05) is 6.04 Å². The van der Waals surface area contributed by atoms with E-state index in [-0.39, 0.29) is 6.47 Å². The van der Waals surface area contributed by atoms with E-state index in [0.29, 0.717) is 0 Å². The van der Waals surface area contributed by atoms with Gasteiger partial charge in [-0.2, -0.15) is 0 Å². The third kappa shape index (κ3) is 5.30. The van der Waals surface area contributed by atoms with Crippen molar-refractivity contribution in [3.8, 4) is 0 Å². The number of nitrogens with one attached hydrogen (secondary N) is 1. The summed E-state index contributed by atoms with van der Waals surface area (Å²) >= 11 is 0. The highest BCUT2D eigenvalue weighted by atomic mass is 16.3. The first kappa shape index (κ1) is 8.43. The van der Waals surface area contributed by atoms with Crippen LogP contribution >= 0.6 is 0 Å². The number of rotatable bonds is 0. The molecule has 0 amide bonds. The molecule has 54 valence electrons. The van der Waals surface area contributed by atoms with Gasteiger partial charge in [0.1, 0.15) is 0 Å². The van der Waals surface area contributed by atoms with Gasteiger partial charge in [-0.1, -0.05) is 0 Å². The van der Waals surface area contributed by atoms with Crippen molar-refractivity contribution in [2.75, 3.05) is 6.54 Å². The minimum absolute atomic E-state index is 0.250. The summed E-state index contributed by atoms with van der Waals surface area (Å²) in [7, 11) is 0. The molecule has 1 aliphatic heterocycles. The van der Waals surface area contributed by atoms with Crippen LogP contribution in [-0.2, 0) is 4.79 Å². The van der Waals surface area contributed by atoms with Crippen molar-refractivity contribution in [2.24, 2.45) is 0 Å². The number of carboxylic acid groups (broad SMARTS) is 1. The van der Waals surface area contributed by atoms with E-state index in [1.54, 1.807) is 0 Å². The smallest absolute Gasteiger partial charge is 0.290 e. The van der Waals surface area contributed by atoms with Crippen molar-refractivity contribution in [3.63, 3.8) is 0 Å². The number of hydrogen-bond donors (Lipinski definition) is 2. The van der Waals surface area contributed by atoms with Crippen LogP contribution in [0.5, 0.6) is 0 Å². The van der Waals surface area contributed by atoms with E-state index in [0.717, 1.165) is 6.04 Å². The van der Waals surface area contributed by atoms with E-state index in [4.69, 9.17) is 9.90 Å². The molecule has 0 aromatic rings. The summed E-state index contributed by atoms with van der Waals surface area (Å²) in [5, 5.41) is 10.2. The lowest BCUT2D eigenvalue weighted by molar-refractivity contribution is -0.122. The standard InChI is InChI=1S/C5H11N.CH2O2/c1-5-3-2-4-6-5;2-1-3/h5-6H,2-4H2,1H3;1H,(H,2,3). The topological polar surface area (TPSA) is 49.3 Å². The lowest BCUT2D eigenvalue weighted by Gasteiger charge is -1.95. The van der Waals surface area contributed by atoms with E-state index in [2.05, 4.69) is 12.2 Å². The zero-order valence-electron chi connectivity index (χ0n) is 5.63. The Balaban J connectivity index is 0.000000187. The van der Waals surface area contributed by atoms with Crippen LogP contribution in [0.2, 0.25) is 0 Å². The summed E-state index contributed by atoms with van der Waals surface area (Å²) in [6, 6.07) is 0.796. The Hall–Kier alpha value is -0.570. The molecule has 0 aromatic heterocycles. The van der Waals surface area contributed by atoms with Crippen LogP contribution in [0, 0.1) is 0 Å². The fraction of sp³-hybridized carbons (Fsp3) is 0.833. The first-order valence-electron chi connectivity index (χ1n) is 3.12. The van der Waals surface area contributed by atoms with Crippen molar-refractivity contribution < 1.29 is 9.90 Å². The van der Waals surface area contributed by atoms with Gasteiger partial charge in [-0.3, -0.25) is 4.79 Å². The van der Waals surface area contributed by atoms with Crippen LogP contribution in [0.4, 0.5) is 0 Å². The molecule has 0 aliphatic carbocycles. The van der Waals surface area contributed by atoms with Gasteiger partial charge in [-0.15, -0.1) is 0 Å². The molecule has 1 atom stereocenters. The second-order valence-electron chi connectivity index (χ2n) is 2.10. The molecule has 1 saturated heterocycles. The second-order valence-corrected chi connectivity index (χ2v) is 2.10. The summed E-state index contributed by atoms with van der Waals surface area (Å²) in [4.78, 5) is 8.36. The highest BCUT2D eigenvalue weighted by molar-refractivity contribution is 5.32. The number of hydrogen-bond acceptors (Lipinski definition) is 2. The van der Waals surface area contributed by atoms with Gasteiger partial charge in [0.05, 0.1) is 0 Å². The van der Waals surface area contributed by atoms with Crippen molar-refractivity contribution >= 4 is 6.47 Å². The largest absolute Gasteiger partial charge is 0.483 e. The maximum absolute atomic E-state index is 8.36. The summed E-state index contributed by atoms with van der Waals surface area (Å²) in [6.45, 7) is 3.22. The summed E-state index contributed by atoms with van der Waals surface area (Å²) < 4.78 is 0. The van der Waals surface area contributed by atoms with E-state index in [1.807, 2.05) is 0 Å². The molecule has 0 bridgehead atoms. The fourth-order valence-electron chi connectivity index (χ4n) is 0.859. The Bertz CT molecular complexity index is 69.5. The molecule has 1 rings (SSSR count). The van der Waals surface area contributed by atoms with Crippen molar-refractivity contribution in [2.45, 2.75) is 25.8 Å². The predicted octanol–water partition coefficient (Wildman–Crippen LogP) is 0.459. The Kier molecular flexibility index (Phi) is 5.21. The molecule has 0 radical (unpaired) electrons. The first-order chi connectivity index (χ1) is 4.31. The van der Waals surface area contributed by atoms with Gasteiger partial charge >= 0.3 is 0 Å². The van der Waals surface area contributed by atoms with E-state index < -0.39 is 0 Å². The van der Waals surface area contributed by atoms with Crippen LogP contribution in [0.3, 0.4) is 0 Å². The lowest BCUT2D eigenvalue weighted by Crippen LogP contribution is -2.16. The van der Waals surface area contributed by atoms with E-state index >= 15 is 0 Å². The molecule has 3 nitrogen and oxygen atoms in total. The molecule has 1 fully saturated rings. The SMILES string of the molecule is CC1CCCN1.O=CO. The minimum atomic E-state index is -0.250. The average Bonchev–Trinajstić information content (AvgIpc) is 2.20. The average molecular weight is 131 g/mol. The highest BCUT2D eigenvalue weighted by Gasteiger charge is 2.05. The van der Waals surface area contributed by atoms with Gasteiger partial charge in [-0.05, 0) is 26.3 Å². The Labute approximate surface area is 55.1 Å². The van der Waals surface area contributed by atoms with Crippen LogP contribution in [-0.4, -0.2) is 24.2 Å². The predicted molar refractivity (Wildman–Crippen MR) is 35.4 cm³/mol. The Morgan fingerprint density at radius 1 is 1.78 bits per heavy atom. The van der Waals surface area contributed by atoms with E-state index in [1.165, 1.54) is 19.4 Å². The number of carbonyl (C=O) groups is 1. The quantitative estimate of drug-likeness (QED) is 0.469. The van der Waals surface area contributed by atoms with Crippen molar-refractivity contribution in [3.05, 3.63) is 0 Å². The molecule has 1 heterocycles. The lowest BCUT2D eigenvalue weighted by atomic mass is 10.3. The molecule has 0 spiro atoms. The van der Waals surface area contributed by atoms with Gasteiger partial charge in [-0.25, -0.2) is 0 Å². The molecule has 3 heteroatoms. The molecular formula is C6H13NO2. The van der Waals surface area contributed by atoms with Crippen LogP contribution in [0.25, 0.3) is 0 Å². The van der Waals surface area contributed by atoms with Gasteiger partial charge < -0.3 is 10.4 Å². The molecule has 0 saturated carbocycles. The minimum Gasteiger partial charge on any atom is -0.483 e. The monoisotopic (exact) mass is 131 g/mol. The van der Waals surface area contributed by atoms with Gasteiger partial charge in [0.25, 0.3) is 6.47 Å². The fourth-order valence-corrected chi connectivity index (χ4v) is 0.859. The Morgan fingerprint density at radius 2 is 2.33 bits per heavy atom. The summed E-state index contributed by atoms with van der Waals surface area (Å²) in [6.07, 6.45) is 2.75. The van der Waals surface area contributed by atoms with Crippen LogP contribution in [0.1, 0.15) is 19.8 Å². The molecule has 1 aliphatic rings. The maximum Gasteiger partial charge on any atom is 0.290 e. The van der Waals surface area contributed by atoms with Crippen LogP contribution < -0.4 is 5.32 Å². The zero-order valence-corrected chi connectivity index (χ0v) is 5.63. The Morgan fingerprint density at radius 3 is 2.44 bits per heavy atom.